The van der Waals surface area contributed by atoms with E-state index in [9.17, 15) is 0 Å². The maximum Gasteiger partial charge on any atom is -0.00165 e. The quantitative estimate of drug-likeness (QED) is 0.559. The van der Waals surface area contributed by atoms with Gasteiger partial charge in [0.05, 0.1) is 0 Å². The highest BCUT2D eigenvalue weighted by atomic mass is 15.1. The summed E-state index contributed by atoms with van der Waals surface area (Å²) < 4.78 is 0. The molecule has 1 spiro atoms. The van der Waals surface area contributed by atoms with Gasteiger partial charge in [-0.2, -0.15) is 0 Å². The molecular weight excluding hydrogens is 160 g/mol. The van der Waals surface area contributed by atoms with E-state index in [2.05, 4.69) is 23.9 Å². The van der Waals surface area contributed by atoms with Crippen molar-refractivity contribution in [2.75, 3.05) is 40.3 Å². The van der Waals surface area contributed by atoms with Gasteiger partial charge in [-0.15, -0.1) is 0 Å². The maximum absolute atomic E-state index is 2.48. The van der Waals surface area contributed by atoms with Crippen LogP contribution < -0.4 is 0 Å². The largest absolute Gasteiger partial charge is 0.306 e. The second-order valence-electron chi connectivity index (χ2n) is 5.11. The Morgan fingerprint density at radius 2 is 1.00 bits per heavy atom. The number of likely N-dealkylation sites (tertiary alicyclic amines) is 2. The van der Waals surface area contributed by atoms with Gasteiger partial charge in [0.2, 0.25) is 0 Å². The summed E-state index contributed by atoms with van der Waals surface area (Å²) in [6, 6.07) is 0. The van der Waals surface area contributed by atoms with Crippen LogP contribution in [0.3, 0.4) is 0 Å². The zero-order chi connectivity index (χ0) is 9.31. The molecule has 2 rings (SSSR count). The van der Waals surface area contributed by atoms with Crippen LogP contribution in [0.25, 0.3) is 0 Å². The van der Waals surface area contributed by atoms with Crippen LogP contribution in [-0.2, 0) is 0 Å². The average Bonchev–Trinajstić information content (AvgIpc) is 2.16. The zero-order valence-corrected chi connectivity index (χ0v) is 9.05. The highest BCUT2D eigenvalue weighted by Gasteiger charge is 2.35. The molecule has 2 aliphatic heterocycles. The smallest absolute Gasteiger partial charge is 0.00165 e. The molecule has 0 radical (unpaired) electrons. The Kier molecular flexibility index (Phi) is 2.61. The van der Waals surface area contributed by atoms with Crippen molar-refractivity contribution in [3.05, 3.63) is 0 Å². The zero-order valence-electron chi connectivity index (χ0n) is 9.05. The molecule has 76 valence electrons. The van der Waals surface area contributed by atoms with E-state index in [4.69, 9.17) is 0 Å². The van der Waals surface area contributed by atoms with Crippen LogP contribution in [0.4, 0.5) is 0 Å². The first kappa shape index (κ1) is 9.47. The van der Waals surface area contributed by atoms with Crippen LogP contribution in [0.15, 0.2) is 0 Å². The fraction of sp³-hybridized carbons (Fsp3) is 1.00. The second-order valence-corrected chi connectivity index (χ2v) is 5.11. The lowest BCUT2D eigenvalue weighted by Gasteiger charge is -2.45. The lowest BCUT2D eigenvalue weighted by Crippen LogP contribution is -2.44. The third-order valence-corrected chi connectivity index (χ3v) is 4.10. The molecule has 0 amide bonds. The van der Waals surface area contributed by atoms with E-state index in [1.165, 1.54) is 51.9 Å². The Balaban J connectivity index is 1.90. The monoisotopic (exact) mass is 182 g/mol. The molecule has 0 N–H and O–H groups in total. The standard InChI is InChI=1S/C11H22N2/c1-12-7-3-11(4-8-12)5-9-13(2)10-6-11/h3-10H2,1-2H3. The van der Waals surface area contributed by atoms with Crippen molar-refractivity contribution in [1.82, 2.24) is 9.80 Å². The summed E-state index contributed by atoms with van der Waals surface area (Å²) in [5.41, 5.74) is 0.735. The molecule has 0 aliphatic carbocycles. The molecule has 2 heterocycles. The summed E-state index contributed by atoms with van der Waals surface area (Å²) in [5.74, 6) is 0. The highest BCUT2D eigenvalue weighted by Crippen LogP contribution is 2.40. The van der Waals surface area contributed by atoms with Crippen LogP contribution in [0.1, 0.15) is 25.7 Å². The molecule has 0 bridgehead atoms. The summed E-state index contributed by atoms with van der Waals surface area (Å²) >= 11 is 0. The third kappa shape index (κ3) is 2.05. The summed E-state index contributed by atoms with van der Waals surface area (Å²) in [6.07, 6.45) is 5.77. The SMILES string of the molecule is CN1CCC2(CC1)CCN(C)CC2. The van der Waals surface area contributed by atoms with Gasteiger partial charge in [-0.3, -0.25) is 0 Å². The van der Waals surface area contributed by atoms with E-state index in [1.54, 1.807) is 0 Å². The van der Waals surface area contributed by atoms with Gasteiger partial charge in [0, 0.05) is 0 Å². The predicted molar refractivity (Wildman–Crippen MR) is 55.9 cm³/mol. The molecule has 0 aromatic rings. The van der Waals surface area contributed by atoms with Gasteiger partial charge < -0.3 is 9.80 Å². The van der Waals surface area contributed by atoms with E-state index in [0.717, 1.165) is 5.41 Å². The van der Waals surface area contributed by atoms with Gasteiger partial charge in [0.15, 0.2) is 0 Å². The fourth-order valence-electron chi connectivity index (χ4n) is 2.69. The number of nitrogens with zero attached hydrogens (tertiary/aromatic N) is 2. The molecule has 13 heavy (non-hydrogen) atoms. The van der Waals surface area contributed by atoms with E-state index >= 15 is 0 Å². The van der Waals surface area contributed by atoms with Gasteiger partial charge in [-0.25, -0.2) is 0 Å². The Morgan fingerprint density at radius 1 is 0.692 bits per heavy atom. The third-order valence-electron chi connectivity index (χ3n) is 4.10. The lowest BCUT2D eigenvalue weighted by atomic mass is 9.71. The van der Waals surface area contributed by atoms with Crippen molar-refractivity contribution in [3.63, 3.8) is 0 Å². The topological polar surface area (TPSA) is 6.48 Å². The molecular formula is C11H22N2. The molecule has 2 aliphatic rings. The average molecular weight is 182 g/mol. The van der Waals surface area contributed by atoms with E-state index in [-0.39, 0.29) is 0 Å². The number of rotatable bonds is 0. The summed E-state index contributed by atoms with van der Waals surface area (Å²) in [5, 5.41) is 0. The molecule has 2 fully saturated rings. The molecule has 0 unspecified atom stereocenters. The first-order chi connectivity index (χ1) is 6.20. The van der Waals surface area contributed by atoms with Crippen LogP contribution in [-0.4, -0.2) is 50.1 Å². The first-order valence-corrected chi connectivity index (χ1v) is 5.57. The van der Waals surface area contributed by atoms with Crippen molar-refractivity contribution in [2.45, 2.75) is 25.7 Å². The summed E-state index contributed by atoms with van der Waals surface area (Å²) in [6.45, 7) is 5.29. The van der Waals surface area contributed by atoms with Gasteiger partial charge in [-0.05, 0) is 71.4 Å². The van der Waals surface area contributed by atoms with Gasteiger partial charge in [0.1, 0.15) is 0 Å². The molecule has 2 saturated heterocycles. The number of hydrogen-bond acceptors (Lipinski definition) is 2. The molecule has 0 aromatic carbocycles. The molecule has 0 aromatic heterocycles. The Labute approximate surface area is 81.9 Å². The van der Waals surface area contributed by atoms with E-state index < -0.39 is 0 Å². The summed E-state index contributed by atoms with van der Waals surface area (Å²) in [4.78, 5) is 4.95. The van der Waals surface area contributed by atoms with Gasteiger partial charge in [-0.1, -0.05) is 0 Å². The predicted octanol–water partition coefficient (Wildman–Crippen LogP) is 1.42. The minimum Gasteiger partial charge on any atom is -0.306 e. The number of hydrogen-bond donors (Lipinski definition) is 0. The minimum atomic E-state index is 0.735. The van der Waals surface area contributed by atoms with Crippen LogP contribution in [0.5, 0.6) is 0 Å². The Morgan fingerprint density at radius 3 is 1.31 bits per heavy atom. The van der Waals surface area contributed by atoms with E-state index in [0.29, 0.717) is 0 Å². The Hall–Kier alpha value is -0.0800. The van der Waals surface area contributed by atoms with Crippen LogP contribution >= 0.6 is 0 Å². The minimum absolute atomic E-state index is 0.735. The van der Waals surface area contributed by atoms with Gasteiger partial charge in [0.25, 0.3) is 0 Å². The van der Waals surface area contributed by atoms with Crippen molar-refractivity contribution < 1.29 is 0 Å². The van der Waals surface area contributed by atoms with Gasteiger partial charge >= 0.3 is 0 Å². The van der Waals surface area contributed by atoms with Crippen LogP contribution in [0.2, 0.25) is 0 Å². The first-order valence-electron chi connectivity index (χ1n) is 5.57. The highest BCUT2D eigenvalue weighted by molar-refractivity contribution is 4.89. The van der Waals surface area contributed by atoms with Crippen LogP contribution in [0, 0.1) is 5.41 Å². The number of piperidine rings is 2. The van der Waals surface area contributed by atoms with Crippen molar-refractivity contribution in [2.24, 2.45) is 5.41 Å². The normalized spacial score (nSPS) is 30.9. The lowest BCUT2D eigenvalue weighted by molar-refractivity contribution is 0.0519. The van der Waals surface area contributed by atoms with Crippen molar-refractivity contribution >= 4 is 0 Å². The summed E-state index contributed by atoms with van der Waals surface area (Å²) in [7, 11) is 4.50. The fourth-order valence-corrected chi connectivity index (χ4v) is 2.69. The van der Waals surface area contributed by atoms with E-state index in [1.807, 2.05) is 0 Å². The molecule has 0 atom stereocenters. The van der Waals surface area contributed by atoms with Crippen molar-refractivity contribution in [3.8, 4) is 0 Å². The molecule has 2 heteroatoms. The molecule has 0 saturated carbocycles. The van der Waals surface area contributed by atoms with Crippen molar-refractivity contribution in [1.29, 1.82) is 0 Å². The molecule has 2 nitrogen and oxygen atoms in total. The Bertz CT molecular complexity index is 139. The second kappa shape index (κ2) is 3.58. The maximum atomic E-state index is 2.48.